The van der Waals surface area contributed by atoms with E-state index in [-0.39, 0.29) is 12.2 Å². The summed E-state index contributed by atoms with van der Waals surface area (Å²) in [5.74, 6) is -0.0494. The van der Waals surface area contributed by atoms with Crippen LogP contribution in [0.1, 0.15) is 53.8 Å². The zero-order valence-electron chi connectivity index (χ0n) is 16.8. The predicted octanol–water partition coefficient (Wildman–Crippen LogP) is 4.89. The van der Waals surface area contributed by atoms with E-state index in [1.165, 1.54) is 0 Å². The largest absolute Gasteiger partial charge is 0.432 e. The average molecular weight is 443 g/mol. The van der Waals surface area contributed by atoms with E-state index >= 15 is 0 Å². The Hall–Kier alpha value is -2.06. The molecule has 0 unspecified atom stereocenters. The fraction of sp³-hybridized carbons (Fsp3) is 0.524. The van der Waals surface area contributed by atoms with Crippen LogP contribution in [0, 0.1) is 5.92 Å². The molecule has 1 aliphatic rings. The van der Waals surface area contributed by atoms with Crippen LogP contribution in [0.15, 0.2) is 30.3 Å². The third-order valence-electron chi connectivity index (χ3n) is 5.77. The number of amides is 1. The summed E-state index contributed by atoms with van der Waals surface area (Å²) < 4.78 is 38.7. The maximum absolute atomic E-state index is 13.0. The maximum Gasteiger partial charge on any atom is 0.432 e. The SMILES string of the molecule is CNC1CCC(CCN(Cc2ccccc2Cl)C(=O)c2cc(C(F)(F)F)[nH]n2)CC1. The van der Waals surface area contributed by atoms with Gasteiger partial charge in [-0.3, -0.25) is 9.89 Å². The first-order valence-corrected chi connectivity index (χ1v) is 10.5. The number of carbonyl (C=O) groups excluding carboxylic acids is 1. The number of H-pyrrole nitrogens is 1. The minimum atomic E-state index is -4.58. The highest BCUT2D eigenvalue weighted by Crippen LogP contribution is 2.29. The summed E-state index contributed by atoms with van der Waals surface area (Å²) in [6.45, 7) is 0.658. The molecule has 1 fully saturated rings. The van der Waals surface area contributed by atoms with Crippen LogP contribution in [0.3, 0.4) is 0 Å². The second-order valence-corrected chi connectivity index (χ2v) is 8.18. The van der Waals surface area contributed by atoms with Crippen LogP contribution in [0.5, 0.6) is 0 Å². The molecule has 0 spiro atoms. The number of hydrogen-bond donors (Lipinski definition) is 2. The van der Waals surface area contributed by atoms with Crippen LogP contribution in [0.2, 0.25) is 5.02 Å². The van der Waals surface area contributed by atoms with E-state index in [2.05, 4.69) is 10.4 Å². The third-order valence-corrected chi connectivity index (χ3v) is 6.14. The molecule has 164 valence electrons. The van der Waals surface area contributed by atoms with Gasteiger partial charge in [0.05, 0.1) is 0 Å². The minimum Gasteiger partial charge on any atom is -0.333 e. The van der Waals surface area contributed by atoms with E-state index in [9.17, 15) is 18.0 Å². The van der Waals surface area contributed by atoms with Crippen molar-refractivity contribution in [1.82, 2.24) is 20.4 Å². The molecule has 0 radical (unpaired) electrons. The van der Waals surface area contributed by atoms with Crippen LogP contribution in [0.4, 0.5) is 13.2 Å². The Morgan fingerprint density at radius 2 is 1.97 bits per heavy atom. The van der Waals surface area contributed by atoms with E-state index in [4.69, 9.17) is 11.6 Å². The summed E-state index contributed by atoms with van der Waals surface area (Å²) in [4.78, 5) is 14.5. The molecule has 1 aliphatic carbocycles. The number of rotatable bonds is 7. The van der Waals surface area contributed by atoms with Crippen molar-refractivity contribution in [3.05, 3.63) is 52.3 Å². The van der Waals surface area contributed by atoms with Crippen molar-refractivity contribution in [1.29, 1.82) is 0 Å². The number of nitrogens with one attached hydrogen (secondary N) is 2. The van der Waals surface area contributed by atoms with Gasteiger partial charge in [0.1, 0.15) is 5.69 Å². The Morgan fingerprint density at radius 3 is 2.57 bits per heavy atom. The van der Waals surface area contributed by atoms with Crippen LogP contribution >= 0.6 is 11.6 Å². The Labute approximate surface area is 179 Å². The summed E-state index contributed by atoms with van der Waals surface area (Å²) in [5, 5.41) is 9.34. The quantitative estimate of drug-likeness (QED) is 0.641. The number of alkyl halides is 3. The molecule has 0 aliphatic heterocycles. The average Bonchev–Trinajstić information content (AvgIpc) is 3.23. The molecule has 0 atom stereocenters. The van der Waals surface area contributed by atoms with Gasteiger partial charge in [-0.2, -0.15) is 18.3 Å². The highest BCUT2D eigenvalue weighted by atomic mass is 35.5. The van der Waals surface area contributed by atoms with Gasteiger partial charge in [0.25, 0.3) is 5.91 Å². The first-order valence-electron chi connectivity index (χ1n) is 10.1. The van der Waals surface area contributed by atoms with Gasteiger partial charge in [-0.15, -0.1) is 0 Å². The lowest BCUT2D eigenvalue weighted by Crippen LogP contribution is -2.35. The second-order valence-electron chi connectivity index (χ2n) is 7.78. The molecule has 1 aromatic heterocycles. The van der Waals surface area contributed by atoms with Crippen LogP contribution < -0.4 is 5.32 Å². The van der Waals surface area contributed by atoms with E-state index in [0.29, 0.717) is 23.5 Å². The summed E-state index contributed by atoms with van der Waals surface area (Å²) in [6.07, 6.45) is 0.538. The van der Waals surface area contributed by atoms with Gasteiger partial charge >= 0.3 is 6.18 Å². The Morgan fingerprint density at radius 1 is 1.27 bits per heavy atom. The standard InChI is InChI=1S/C21H26ClF3N4O/c1-26-16-8-6-14(7-9-16)10-11-29(13-15-4-2-3-5-17(15)22)20(30)18-12-19(28-27-18)21(23,24)25/h2-5,12,14,16,26H,6-11,13H2,1H3,(H,27,28). The molecule has 2 aromatic rings. The molecule has 1 saturated carbocycles. The van der Waals surface area contributed by atoms with Gasteiger partial charge in [-0.05, 0) is 56.7 Å². The lowest BCUT2D eigenvalue weighted by Gasteiger charge is -2.30. The smallest absolute Gasteiger partial charge is 0.333 e. The van der Waals surface area contributed by atoms with Gasteiger partial charge < -0.3 is 10.2 Å². The van der Waals surface area contributed by atoms with Gasteiger partial charge in [0.15, 0.2) is 5.69 Å². The van der Waals surface area contributed by atoms with Gasteiger partial charge in [-0.1, -0.05) is 29.8 Å². The van der Waals surface area contributed by atoms with Crippen molar-refractivity contribution in [3.8, 4) is 0 Å². The summed E-state index contributed by atoms with van der Waals surface area (Å²) >= 11 is 6.25. The second kappa shape index (κ2) is 9.83. The van der Waals surface area contributed by atoms with E-state index in [1.54, 1.807) is 17.0 Å². The molecule has 1 aromatic carbocycles. The summed E-state index contributed by atoms with van der Waals surface area (Å²) in [5.41, 5.74) is -0.528. The topological polar surface area (TPSA) is 61.0 Å². The molecule has 2 N–H and O–H groups in total. The van der Waals surface area contributed by atoms with Crippen molar-refractivity contribution in [2.75, 3.05) is 13.6 Å². The normalized spacial score (nSPS) is 19.6. The van der Waals surface area contributed by atoms with Crippen molar-refractivity contribution < 1.29 is 18.0 Å². The number of halogens is 4. The molecule has 1 amide bonds. The molecule has 9 heteroatoms. The maximum atomic E-state index is 13.0. The fourth-order valence-electron chi connectivity index (χ4n) is 3.90. The molecule has 0 bridgehead atoms. The number of aromatic nitrogens is 2. The molecule has 3 rings (SSSR count). The highest BCUT2D eigenvalue weighted by molar-refractivity contribution is 6.31. The monoisotopic (exact) mass is 442 g/mol. The van der Waals surface area contributed by atoms with Crippen molar-refractivity contribution in [2.24, 2.45) is 5.92 Å². The Bertz CT molecular complexity index is 847. The zero-order valence-corrected chi connectivity index (χ0v) is 17.6. The first kappa shape index (κ1) is 22.6. The van der Waals surface area contributed by atoms with Gasteiger partial charge in [0, 0.05) is 30.2 Å². The minimum absolute atomic E-state index is 0.221. The zero-order chi connectivity index (χ0) is 21.7. The molecular formula is C21H26ClF3N4O. The lowest BCUT2D eigenvalue weighted by molar-refractivity contribution is -0.141. The third kappa shape index (κ3) is 5.76. The molecular weight excluding hydrogens is 417 g/mol. The van der Waals surface area contributed by atoms with E-state index < -0.39 is 17.8 Å². The molecule has 30 heavy (non-hydrogen) atoms. The molecule has 5 nitrogen and oxygen atoms in total. The van der Waals surface area contributed by atoms with E-state index in [0.717, 1.165) is 43.7 Å². The predicted molar refractivity (Wildman–Crippen MR) is 109 cm³/mol. The lowest BCUT2D eigenvalue weighted by atomic mass is 9.84. The first-order chi connectivity index (χ1) is 14.3. The fourth-order valence-corrected chi connectivity index (χ4v) is 4.10. The van der Waals surface area contributed by atoms with Crippen molar-refractivity contribution in [2.45, 2.75) is 50.9 Å². The van der Waals surface area contributed by atoms with Gasteiger partial charge in [-0.25, -0.2) is 0 Å². The number of nitrogens with zero attached hydrogens (tertiary/aromatic N) is 2. The highest BCUT2D eigenvalue weighted by Gasteiger charge is 2.34. The number of aromatic amines is 1. The Balaban J connectivity index is 1.73. The van der Waals surface area contributed by atoms with Crippen LogP contribution in [0.25, 0.3) is 0 Å². The van der Waals surface area contributed by atoms with Crippen LogP contribution in [-0.2, 0) is 12.7 Å². The van der Waals surface area contributed by atoms with E-state index in [1.807, 2.05) is 24.3 Å². The summed E-state index contributed by atoms with van der Waals surface area (Å²) in [7, 11) is 1.97. The Kier molecular flexibility index (Phi) is 7.41. The van der Waals surface area contributed by atoms with Crippen molar-refractivity contribution in [3.63, 3.8) is 0 Å². The number of hydrogen-bond acceptors (Lipinski definition) is 3. The van der Waals surface area contributed by atoms with Gasteiger partial charge in [0.2, 0.25) is 0 Å². The molecule has 0 saturated heterocycles. The number of benzene rings is 1. The summed E-state index contributed by atoms with van der Waals surface area (Å²) in [6, 6.07) is 8.45. The van der Waals surface area contributed by atoms with Crippen molar-refractivity contribution >= 4 is 17.5 Å². The van der Waals surface area contributed by atoms with Crippen LogP contribution in [-0.4, -0.2) is 40.6 Å². The number of carbonyl (C=O) groups is 1. The molecule has 1 heterocycles.